The Kier molecular flexibility index (Phi) is 2.68. The molecule has 2 rings (SSSR count). The van der Waals surface area contributed by atoms with Gasteiger partial charge in [-0.25, -0.2) is 4.98 Å². The fraction of sp³-hybridized carbons (Fsp3) is 0.273. The van der Waals surface area contributed by atoms with Crippen molar-refractivity contribution in [2.75, 3.05) is 11.9 Å². The molecule has 0 aliphatic carbocycles. The van der Waals surface area contributed by atoms with Gasteiger partial charge in [-0.2, -0.15) is 0 Å². The molecule has 2 aromatic rings. The number of benzene rings is 1. The maximum absolute atomic E-state index is 11.5. The Balaban J connectivity index is 2.40. The maximum atomic E-state index is 11.5. The molecule has 1 aromatic heterocycles. The van der Waals surface area contributed by atoms with Crippen LogP contribution in [0.1, 0.15) is 13.3 Å². The van der Waals surface area contributed by atoms with Crippen molar-refractivity contribution >= 4 is 32.6 Å². The van der Waals surface area contributed by atoms with E-state index < -0.39 is 0 Å². The molecule has 3 nitrogen and oxygen atoms in total. The highest BCUT2D eigenvalue weighted by Gasteiger charge is 2.12. The van der Waals surface area contributed by atoms with Crippen LogP contribution in [0.3, 0.4) is 0 Å². The highest BCUT2D eigenvalue weighted by Crippen LogP contribution is 2.27. The molecular weight excluding hydrogens is 208 g/mol. The highest BCUT2D eigenvalue weighted by atomic mass is 32.1. The molecule has 15 heavy (non-hydrogen) atoms. The van der Waals surface area contributed by atoms with E-state index in [-0.39, 0.29) is 5.91 Å². The number of hydrogen-bond donors (Lipinski definition) is 0. The van der Waals surface area contributed by atoms with E-state index in [1.807, 2.05) is 31.2 Å². The summed E-state index contributed by atoms with van der Waals surface area (Å²) in [7, 11) is 1.77. The molecule has 0 spiro atoms. The van der Waals surface area contributed by atoms with E-state index >= 15 is 0 Å². The van der Waals surface area contributed by atoms with Gasteiger partial charge in [-0.1, -0.05) is 30.4 Å². The maximum Gasteiger partial charge on any atom is 0.228 e. The van der Waals surface area contributed by atoms with Crippen molar-refractivity contribution in [3.05, 3.63) is 24.3 Å². The van der Waals surface area contributed by atoms with Gasteiger partial charge in [0, 0.05) is 13.5 Å². The van der Waals surface area contributed by atoms with E-state index in [9.17, 15) is 4.79 Å². The number of nitrogens with zero attached hydrogens (tertiary/aromatic N) is 2. The van der Waals surface area contributed by atoms with Crippen LogP contribution in [0, 0.1) is 0 Å². The summed E-state index contributed by atoms with van der Waals surface area (Å²) >= 11 is 1.54. The summed E-state index contributed by atoms with van der Waals surface area (Å²) in [6, 6.07) is 7.90. The normalized spacial score (nSPS) is 10.5. The summed E-state index contributed by atoms with van der Waals surface area (Å²) < 4.78 is 1.11. The minimum Gasteiger partial charge on any atom is -0.291 e. The predicted molar refractivity (Wildman–Crippen MR) is 63.3 cm³/mol. The van der Waals surface area contributed by atoms with E-state index in [0.717, 1.165) is 15.3 Å². The topological polar surface area (TPSA) is 33.2 Å². The lowest BCUT2D eigenvalue weighted by Gasteiger charge is -2.11. The van der Waals surface area contributed by atoms with Crippen LogP contribution in [0.2, 0.25) is 0 Å². The minimum absolute atomic E-state index is 0.0917. The molecule has 1 amide bonds. The second-order valence-corrected chi connectivity index (χ2v) is 4.28. The van der Waals surface area contributed by atoms with Crippen molar-refractivity contribution in [3.8, 4) is 0 Å². The number of rotatable bonds is 2. The Hall–Kier alpha value is -1.42. The average molecular weight is 220 g/mol. The Morgan fingerprint density at radius 2 is 2.20 bits per heavy atom. The Bertz CT molecular complexity index is 459. The van der Waals surface area contributed by atoms with Crippen LogP contribution in [0.5, 0.6) is 0 Å². The molecule has 4 heteroatoms. The van der Waals surface area contributed by atoms with Gasteiger partial charge in [-0.3, -0.25) is 9.69 Å². The van der Waals surface area contributed by atoms with Crippen LogP contribution in [-0.2, 0) is 4.79 Å². The molecular formula is C11H12N2OS. The van der Waals surface area contributed by atoms with Crippen molar-refractivity contribution in [2.24, 2.45) is 0 Å². The number of thiazole rings is 1. The first-order valence-electron chi connectivity index (χ1n) is 4.84. The number of para-hydroxylation sites is 1. The lowest BCUT2D eigenvalue weighted by atomic mass is 10.3. The molecule has 0 saturated heterocycles. The third-order valence-electron chi connectivity index (χ3n) is 2.25. The lowest BCUT2D eigenvalue weighted by molar-refractivity contribution is -0.118. The van der Waals surface area contributed by atoms with Gasteiger partial charge < -0.3 is 0 Å². The first kappa shape index (κ1) is 10.1. The molecule has 1 aromatic carbocycles. The van der Waals surface area contributed by atoms with Gasteiger partial charge in [0.15, 0.2) is 5.13 Å². The summed E-state index contributed by atoms with van der Waals surface area (Å²) in [4.78, 5) is 17.5. The van der Waals surface area contributed by atoms with Crippen LogP contribution < -0.4 is 4.90 Å². The molecule has 1 heterocycles. The first-order valence-corrected chi connectivity index (χ1v) is 5.66. The van der Waals surface area contributed by atoms with Gasteiger partial charge >= 0.3 is 0 Å². The molecule has 0 unspecified atom stereocenters. The molecule has 0 saturated carbocycles. The number of carbonyl (C=O) groups is 1. The summed E-state index contributed by atoms with van der Waals surface area (Å²) in [6.07, 6.45) is 0.506. The molecule has 0 radical (unpaired) electrons. The molecule has 0 aliphatic heterocycles. The molecule has 78 valence electrons. The number of carbonyl (C=O) groups excluding carboxylic acids is 1. The summed E-state index contributed by atoms with van der Waals surface area (Å²) in [6.45, 7) is 1.85. The van der Waals surface area contributed by atoms with Crippen molar-refractivity contribution in [2.45, 2.75) is 13.3 Å². The standard InChI is InChI=1S/C11H12N2OS/c1-3-10(14)13(2)11-12-8-6-4-5-7-9(8)15-11/h4-7H,3H2,1-2H3. The van der Waals surface area contributed by atoms with Gasteiger partial charge in [0.05, 0.1) is 10.2 Å². The second kappa shape index (κ2) is 3.98. The molecule has 0 atom stereocenters. The number of aromatic nitrogens is 1. The SMILES string of the molecule is CCC(=O)N(C)c1nc2ccccc2s1. The van der Waals surface area contributed by atoms with Gasteiger partial charge in [-0.15, -0.1) is 0 Å². The first-order chi connectivity index (χ1) is 7.22. The van der Waals surface area contributed by atoms with Crippen molar-refractivity contribution in [3.63, 3.8) is 0 Å². The molecule has 0 bridgehead atoms. The van der Waals surface area contributed by atoms with Crippen molar-refractivity contribution < 1.29 is 4.79 Å². The van der Waals surface area contributed by atoms with Crippen LogP contribution in [0.4, 0.5) is 5.13 Å². The van der Waals surface area contributed by atoms with Crippen LogP contribution >= 0.6 is 11.3 Å². The van der Waals surface area contributed by atoms with Gasteiger partial charge in [-0.05, 0) is 12.1 Å². The fourth-order valence-electron chi connectivity index (χ4n) is 1.35. The van der Waals surface area contributed by atoms with Gasteiger partial charge in [0.2, 0.25) is 5.91 Å². The third kappa shape index (κ3) is 1.85. The van der Waals surface area contributed by atoms with E-state index in [4.69, 9.17) is 0 Å². The lowest BCUT2D eigenvalue weighted by Crippen LogP contribution is -2.24. The minimum atomic E-state index is 0.0917. The predicted octanol–water partition coefficient (Wildman–Crippen LogP) is 2.67. The van der Waals surface area contributed by atoms with Crippen LogP contribution in [-0.4, -0.2) is 17.9 Å². The van der Waals surface area contributed by atoms with Crippen molar-refractivity contribution in [1.82, 2.24) is 4.98 Å². The van der Waals surface area contributed by atoms with Gasteiger partial charge in [0.25, 0.3) is 0 Å². The Morgan fingerprint density at radius 3 is 2.87 bits per heavy atom. The quantitative estimate of drug-likeness (QED) is 0.779. The highest BCUT2D eigenvalue weighted by molar-refractivity contribution is 7.22. The summed E-state index contributed by atoms with van der Waals surface area (Å²) in [5.74, 6) is 0.0917. The van der Waals surface area contributed by atoms with E-state index in [1.165, 1.54) is 0 Å². The van der Waals surface area contributed by atoms with Crippen molar-refractivity contribution in [1.29, 1.82) is 0 Å². The monoisotopic (exact) mass is 220 g/mol. The zero-order chi connectivity index (χ0) is 10.8. The van der Waals surface area contributed by atoms with E-state index in [1.54, 1.807) is 23.3 Å². The Labute approximate surface area is 92.4 Å². The molecule has 0 aliphatic rings. The average Bonchev–Trinajstić information content (AvgIpc) is 2.70. The van der Waals surface area contributed by atoms with Crippen LogP contribution in [0.25, 0.3) is 10.2 Å². The smallest absolute Gasteiger partial charge is 0.228 e. The van der Waals surface area contributed by atoms with Crippen LogP contribution in [0.15, 0.2) is 24.3 Å². The second-order valence-electron chi connectivity index (χ2n) is 3.27. The summed E-state index contributed by atoms with van der Waals surface area (Å²) in [5, 5.41) is 0.767. The molecule has 0 fully saturated rings. The molecule has 0 N–H and O–H groups in total. The van der Waals surface area contributed by atoms with Gasteiger partial charge in [0.1, 0.15) is 0 Å². The number of amides is 1. The number of fused-ring (bicyclic) bond motifs is 1. The number of hydrogen-bond acceptors (Lipinski definition) is 3. The summed E-state index contributed by atoms with van der Waals surface area (Å²) in [5.41, 5.74) is 0.952. The number of anilines is 1. The zero-order valence-electron chi connectivity index (χ0n) is 8.73. The largest absolute Gasteiger partial charge is 0.291 e. The third-order valence-corrected chi connectivity index (χ3v) is 3.36. The Morgan fingerprint density at radius 1 is 1.47 bits per heavy atom. The fourth-order valence-corrected chi connectivity index (χ4v) is 2.29. The van der Waals surface area contributed by atoms with E-state index in [2.05, 4.69) is 4.98 Å². The van der Waals surface area contributed by atoms with E-state index in [0.29, 0.717) is 6.42 Å². The zero-order valence-corrected chi connectivity index (χ0v) is 9.54.